The fourth-order valence-corrected chi connectivity index (χ4v) is 1.69. The number of methoxy groups -OCH3 is 1. The molecule has 6 heteroatoms. The van der Waals surface area contributed by atoms with Crippen LogP contribution in [-0.2, 0) is 4.74 Å². The van der Waals surface area contributed by atoms with Gasteiger partial charge in [0.2, 0.25) is 0 Å². The molecular weight excluding hydrogens is 230 g/mol. The molecule has 0 spiro atoms. The first-order valence-electron chi connectivity index (χ1n) is 5.90. The number of ether oxygens (including phenoxy) is 1. The van der Waals surface area contributed by atoms with Crippen molar-refractivity contribution in [2.45, 2.75) is 19.4 Å². The number of hydrogen-bond acceptors (Lipinski definition) is 5. The van der Waals surface area contributed by atoms with Crippen molar-refractivity contribution in [2.75, 3.05) is 19.0 Å². The van der Waals surface area contributed by atoms with E-state index in [0.717, 1.165) is 17.9 Å². The third kappa shape index (κ3) is 2.84. The Balaban J connectivity index is 2.22. The second-order valence-corrected chi connectivity index (χ2v) is 3.92. The summed E-state index contributed by atoms with van der Waals surface area (Å²) >= 11 is 0. The molecule has 0 aliphatic rings. The number of nitrogens with one attached hydrogen (secondary N) is 1. The van der Waals surface area contributed by atoms with Crippen molar-refractivity contribution in [3.8, 4) is 5.82 Å². The fourth-order valence-electron chi connectivity index (χ4n) is 1.69. The highest BCUT2D eigenvalue weighted by Crippen LogP contribution is 2.17. The van der Waals surface area contributed by atoms with Crippen molar-refractivity contribution in [3.05, 3.63) is 31.0 Å². The summed E-state index contributed by atoms with van der Waals surface area (Å²) in [5.41, 5.74) is 0.923. The van der Waals surface area contributed by atoms with Gasteiger partial charge in [-0.1, -0.05) is 6.92 Å². The average molecular weight is 247 g/mol. The maximum Gasteiger partial charge on any atom is 0.178 e. The molecule has 0 bridgehead atoms. The van der Waals surface area contributed by atoms with Crippen LogP contribution in [0.4, 0.5) is 5.69 Å². The molecule has 0 amide bonds. The second-order valence-electron chi connectivity index (χ2n) is 3.92. The van der Waals surface area contributed by atoms with Crippen LogP contribution in [0, 0.1) is 0 Å². The fraction of sp³-hybridized carbons (Fsp3) is 0.417. The van der Waals surface area contributed by atoms with E-state index in [4.69, 9.17) is 4.74 Å². The molecule has 0 fully saturated rings. The first-order valence-corrected chi connectivity index (χ1v) is 5.90. The van der Waals surface area contributed by atoms with E-state index in [0.29, 0.717) is 6.61 Å². The highest BCUT2D eigenvalue weighted by Gasteiger charge is 2.11. The number of aromatic nitrogens is 4. The molecule has 1 unspecified atom stereocenters. The maximum absolute atomic E-state index is 5.18. The zero-order valence-electron chi connectivity index (χ0n) is 10.6. The van der Waals surface area contributed by atoms with Gasteiger partial charge >= 0.3 is 0 Å². The van der Waals surface area contributed by atoms with E-state index in [9.17, 15) is 0 Å². The van der Waals surface area contributed by atoms with Gasteiger partial charge in [0, 0.05) is 19.3 Å². The summed E-state index contributed by atoms with van der Waals surface area (Å²) in [4.78, 5) is 8.26. The predicted molar refractivity (Wildman–Crippen MR) is 68.7 cm³/mol. The van der Waals surface area contributed by atoms with Crippen molar-refractivity contribution in [3.63, 3.8) is 0 Å². The molecule has 0 radical (unpaired) electrons. The summed E-state index contributed by atoms with van der Waals surface area (Å²) in [6.45, 7) is 2.77. The van der Waals surface area contributed by atoms with Gasteiger partial charge in [0.15, 0.2) is 5.82 Å². The molecule has 0 saturated carbocycles. The van der Waals surface area contributed by atoms with Gasteiger partial charge in [-0.15, -0.1) is 0 Å². The third-order valence-corrected chi connectivity index (χ3v) is 2.64. The standard InChI is InChI=1S/C12H17N5O/c1-3-10(7-18-2)16-11-5-4-6-14-12(11)17-9-13-8-15-17/h4-6,8-10,16H,3,7H2,1-2H3. The molecular formula is C12H17N5O. The lowest BCUT2D eigenvalue weighted by Gasteiger charge is -2.18. The van der Waals surface area contributed by atoms with Gasteiger partial charge in [0.1, 0.15) is 12.7 Å². The van der Waals surface area contributed by atoms with Gasteiger partial charge in [-0.3, -0.25) is 0 Å². The van der Waals surface area contributed by atoms with Crippen molar-refractivity contribution < 1.29 is 4.74 Å². The minimum atomic E-state index is 0.251. The van der Waals surface area contributed by atoms with E-state index in [1.165, 1.54) is 6.33 Å². The molecule has 1 atom stereocenters. The highest BCUT2D eigenvalue weighted by molar-refractivity contribution is 5.56. The lowest BCUT2D eigenvalue weighted by molar-refractivity contribution is 0.184. The Labute approximate surface area is 106 Å². The lowest BCUT2D eigenvalue weighted by atomic mass is 10.2. The van der Waals surface area contributed by atoms with Gasteiger partial charge in [0.25, 0.3) is 0 Å². The van der Waals surface area contributed by atoms with Crippen molar-refractivity contribution in [1.29, 1.82) is 0 Å². The molecule has 0 saturated heterocycles. The molecule has 2 aromatic rings. The summed E-state index contributed by atoms with van der Waals surface area (Å²) in [5, 5.41) is 7.51. The zero-order chi connectivity index (χ0) is 12.8. The lowest BCUT2D eigenvalue weighted by Crippen LogP contribution is -2.24. The van der Waals surface area contributed by atoms with Crippen molar-refractivity contribution in [2.24, 2.45) is 0 Å². The van der Waals surface area contributed by atoms with E-state index < -0.39 is 0 Å². The minimum absolute atomic E-state index is 0.251. The van der Waals surface area contributed by atoms with Crippen LogP contribution in [-0.4, -0.2) is 39.5 Å². The highest BCUT2D eigenvalue weighted by atomic mass is 16.5. The van der Waals surface area contributed by atoms with Crippen molar-refractivity contribution in [1.82, 2.24) is 19.7 Å². The molecule has 2 aromatic heterocycles. The number of pyridine rings is 1. The van der Waals surface area contributed by atoms with Gasteiger partial charge in [-0.2, -0.15) is 5.10 Å². The summed E-state index contributed by atoms with van der Waals surface area (Å²) in [7, 11) is 1.70. The quantitative estimate of drug-likeness (QED) is 0.838. The number of hydrogen-bond donors (Lipinski definition) is 1. The monoisotopic (exact) mass is 247 g/mol. The molecule has 0 aliphatic carbocycles. The summed E-state index contributed by atoms with van der Waals surface area (Å²) < 4.78 is 6.82. The topological polar surface area (TPSA) is 64.9 Å². The second kappa shape index (κ2) is 6.11. The van der Waals surface area contributed by atoms with Crippen molar-refractivity contribution >= 4 is 5.69 Å². The Morgan fingerprint density at radius 2 is 2.39 bits per heavy atom. The molecule has 1 N–H and O–H groups in total. The summed E-state index contributed by atoms with van der Waals surface area (Å²) in [5.74, 6) is 0.740. The molecule has 6 nitrogen and oxygen atoms in total. The Morgan fingerprint density at radius 1 is 1.50 bits per heavy atom. The van der Waals surface area contributed by atoms with Crippen LogP contribution >= 0.6 is 0 Å². The van der Waals surface area contributed by atoms with Crippen LogP contribution < -0.4 is 5.32 Å². The van der Waals surface area contributed by atoms with Crippen LogP contribution in [0.15, 0.2) is 31.0 Å². The van der Waals surface area contributed by atoms with Crippen LogP contribution in [0.2, 0.25) is 0 Å². The molecule has 2 rings (SSSR count). The van der Waals surface area contributed by atoms with Crippen LogP contribution in [0.25, 0.3) is 5.82 Å². The Hall–Kier alpha value is -1.95. The maximum atomic E-state index is 5.18. The predicted octanol–water partition coefficient (Wildman–Crippen LogP) is 1.50. The van der Waals surface area contributed by atoms with E-state index >= 15 is 0 Å². The normalized spacial score (nSPS) is 12.3. The van der Waals surface area contributed by atoms with Gasteiger partial charge < -0.3 is 10.1 Å². The number of nitrogens with zero attached hydrogens (tertiary/aromatic N) is 4. The molecule has 0 aliphatic heterocycles. The number of rotatable bonds is 6. The Bertz CT molecular complexity index is 471. The molecule has 18 heavy (non-hydrogen) atoms. The van der Waals surface area contributed by atoms with E-state index in [-0.39, 0.29) is 6.04 Å². The smallest absolute Gasteiger partial charge is 0.178 e. The van der Waals surface area contributed by atoms with Gasteiger partial charge in [-0.05, 0) is 18.6 Å². The minimum Gasteiger partial charge on any atom is -0.383 e. The van der Waals surface area contributed by atoms with E-state index in [1.54, 1.807) is 24.3 Å². The van der Waals surface area contributed by atoms with Crippen LogP contribution in [0.1, 0.15) is 13.3 Å². The first kappa shape index (κ1) is 12.5. The molecule has 2 heterocycles. The van der Waals surface area contributed by atoms with Crippen LogP contribution in [0.5, 0.6) is 0 Å². The molecule has 0 aromatic carbocycles. The van der Waals surface area contributed by atoms with Gasteiger partial charge in [-0.25, -0.2) is 14.6 Å². The first-order chi connectivity index (χ1) is 8.85. The molecule has 96 valence electrons. The van der Waals surface area contributed by atoms with Gasteiger partial charge in [0.05, 0.1) is 12.3 Å². The number of anilines is 1. The Kier molecular flexibility index (Phi) is 4.25. The third-order valence-electron chi connectivity index (χ3n) is 2.64. The Morgan fingerprint density at radius 3 is 3.06 bits per heavy atom. The largest absolute Gasteiger partial charge is 0.383 e. The SMILES string of the molecule is CCC(COC)Nc1cccnc1-n1cncn1. The summed E-state index contributed by atoms with van der Waals surface area (Å²) in [6.07, 6.45) is 5.83. The summed E-state index contributed by atoms with van der Waals surface area (Å²) in [6, 6.07) is 4.12. The van der Waals surface area contributed by atoms with E-state index in [1.807, 2.05) is 12.1 Å². The average Bonchev–Trinajstić information content (AvgIpc) is 2.92. The van der Waals surface area contributed by atoms with E-state index in [2.05, 4.69) is 27.3 Å². The van der Waals surface area contributed by atoms with Crippen LogP contribution in [0.3, 0.4) is 0 Å². The zero-order valence-corrected chi connectivity index (χ0v) is 10.6.